The van der Waals surface area contributed by atoms with Crippen molar-refractivity contribution < 1.29 is 23.9 Å². The zero-order chi connectivity index (χ0) is 23.6. The van der Waals surface area contributed by atoms with Crippen molar-refractivity contribution >= 4 is 35.0 Å². The standard InChI is InChI=1S/C23H32ClN3O5/c1-23(2,3)27-13-15(10-20(27)28)22(30)26-8-6-14(7-9-26)21(29)25-17-12-18(31-4)16(24)11-19(17)32-5/h11-12,14-15H,6-10,13H2,1-5H3,(H,25,29). The minimum absolute atomic E-state index is 0.00747. The Hall–Kier alpha value is -2.48. The van der Waals surface area contributed by atoms with Gasteiger partial charge >= 0.3 is 0 Å². The number of carbonyl (C=O) groups excluding carboxylic acids is 3. The molecular weight excluding hydrogens is 434 g/mol. The third-order valence-corrected chi connectivity index (χ3v) is 6.49. The number of benzene rings is 1. The Balaban J connectivity index is 1.57. The van der Waals surface area contributed by atoms with E-state index < -0.39 is 0 Å². The molecule has 0 spiro atoms. The highest BCUT2D eigenvalue weighted by Gasteiger charge is 2.41. The topological polar surface area (TPSA) is 88.2 Å². The number of methoxy groups -OCH3 is 2. The molecule has 1 N–H and O–H groups in total. The molecule has 3 rings (SSSR count). The molecule has 0 aromatic heterocycles. The van der Waals surface area contributed by atoms with E-state index in [1.165, 1.54) is 14.2 Å². The Morgan fingerprint density at radius 3 is 2.22 bits per heavy atom. The molecule has 2 fully saturated rings. The molecule has 0 saturated carbocycles. The van der Waals surface area contributed by atoms with Crippen LogP contribution in [0.15, 0.2) is 12.1 Å². The van der Waals surface area contributed by atoms with Crippen molar-refractivity contribution in [3.05, 3.63) is 17.2 Å². The number of anilines is 1. The Labute approximate surface area is 194 Å². The highest BCUT2D eigenvalue weighted by atomic mass is 35.5. The predicted molar refractivity (Wildman–Crippen MR) is 122 cm³/mol. The van der Waals surface area contributed by atoms with Gasteiger partial charge in [-0.15, -0.1) is 0 Å². The molecule has 1 aromatic carbocycles. The molecule has 2 aliphatic heterocycles. The van der Waals surface area contributed by atoms with E-state index in [1.54, 1.807) is 21.9 Å². The van der Waals surface area contributed by atoms with Gasteiger partial charge in [-0.05, 0) is 33.6 Å². The van der Waals surface area contributed by atoms with Crippen LogP contribution < -0.4 is 14.8 Å². The molecular formula is C23H32ClN3O5. The predicted octanol–water partition coefficient (Wildman–Crippen LogP) is 3.18. The molecule has 8 nitrogen and oxygen atoms in total. The normalized spacial score (nSPS) is 19.8. The molecule has 2 saturated heterocycles. The van der Waals surface area contributed by atoms with Crippen molar-refractivity contribution in [2.24, 2.45) is 11.8 Å². The molecule has 176 valence electrons. The van der Waals surface area contributed by atoms with Gasteiger partial charge in [0.15, 0.2) is 0 Å². The van der Waals surface area contributed by atoms with Crippen LogP contribution in [0, 0.1) is 11.8 Å². The molecule has 0 bridgehead atoms. The fourth-order valence-electron chi connectivity index (χ4n) is 4.33. The number of piperidine rings is 1. The summed E-state index contributed by atoms with van der Waals surface area (Å²) in [6.45, 7) is 7.39. The fraction of sp³-hybridized carbons (Fsp3) is 0.609. The highest BCUT2D eigenvalue weighted by Crippen LogP contribution is 2.36. The molecule has 1 aromatic rings. The largest absolute Gasteiger partial charge is 0.495 e. The number of amides is 3. The van der Waals surface area contributed by atoms with E-state index in [0.29, 0.717) is 54.7 Å². The number of hydrogen-bond donors (Lipinski definition) is 1. The van der Waals surface area contributed by atoms with Crippen LogP contribution in [0.2, 0.25) is 5.02 Å². The van der Waals surface area contributed by atoms with Crippen molar-refractivity contribution in [3.8, 4) is 11.5 Å². The maximum atomic E-state index is 13.0. The second-order valence-corrected chi connectivity index (χ2v) is 9.76. The summed E-state index contributed by atoms with van der Waals surface area (Å²) < 4.78 is 10.5. The van der Waals surface area contributed by atoms with Crippen LogP contribution in [0.4, 0.5) is 5.69 Å². The maximum Gasteiger partial charge on any atom is 0.227 e. The Morgan fingerprint density at radius 1 is 1.06 bits per heavy atom. The Morgan fingerprint density at radius 2 is 1.69 bits per heavy atom. The molecule has 1 unspecified atom stereocenters. The number of ether oxygens (including phenoxy) is 2. The zero-order valence-electron chi connectivity index (χ0n) is 19.4. The molecule has 1 atom stereocenters. The van der Waals surface area contributed by atoms with Crippen molar-refractivity contribution in [1.29, 1.82) is 0 Å². The SMILES string of the molecule is COc1cc(NC(=O)C2CCN(C(=O)C3CC(=O)N(C(C)(C)C)C3)CC2)c(OC)cc1Cl. The first-order valence-corrected chi connectivity index (χ1v) is 11.2. The number of nitrogens with one attached hydrogen (secondary N) is 1. The summed E-state index contributed by atoms with van der Waals surface area (Å²) in [7, 11) is 3.01. The number of halogens is 1. The van der Waals surface area contributed by atoms with Gasteiger partial charge in [-0.25, -0.2) is 0 Å². The third-order valence-electron chi connectivity index (χ3n) is 6.19. The summed E-state index contributed by atoms with van der Waals surface area (Å²) in [5, 5.41) is 3.30. The van der Waals surface area contributed by atoms with Crippen LogP contribution in [0.1, 0.15) is 40.0 Å². The van der Waals surface area contributed by atoms with Crippen LogP contribution in [0.25, 0.3) is 0 Å². The Bertz CT molecular complexity index is 890. The van der Waals surface area contributed by atoms with Gasteiger partial charge in [-0.1, -0.05) is 11.6 Å². The molecule has 9 heteroatoms. The average molecular weight is 466 g/mol. The van der Waals surface area contributed by atoms with E-state index in [1.807, 2.05) is 20.8 Å². The first-order chi connectivity index (χ1) is 15.0. The van der Waals surface area contributed by atoms with Gasteiger partial charge in [-0.2, -0.15) is 0 Å². The van der Waals surface area contributed by atoms with E-state index in [0.717, 1.165) is 0 Å². The monoisotopic (exact) mass is 465 g/mol. The lowest BCUT2D eigenvalue weighted by molar-refractivity contribution is -0.138. The van der Waals surface area contributed by atoms with Gasteiger partial charge in [0.05, 0.1) is 30.8 Å². The molecule has 0 radical (unpaired) electrons. The fourth-order valence-corrected chi connectivity index (χ4v) is 4.57. The van der Waals surface area contributed by atoms with Crippen molar-refractivity contribution in [2.75, 3.05) is 39.2 Å². The van der Waals surface area contributed by atoms with Crippen LogP contribution >= 0.6 is 11.6 Å². The molecule has 0 aliphatic carbocycles. The van der Waals surface area contributed by atoms with Gasteiger partial charge in [0.25, 0.3) is 0 Å². The van der Waals surface area contributed by atoms with E-state index in [2.05, 4.69) is 5.32 Å². The van der Waals surface area contributed by atoms with Crippen LogP contribution in [-0.4, -0.2) is 66.9 Å². The zero-order valence-corrected chi connectivity index (χ0v) is 20.1. The summed E-state index contributed by atoms with van der Waals surface area (Å²) in [6.07, 6.45) is 1.39. The number of carbonyl (C=O) groups is 3. The van der Waals surface area contributed by atoms with E-state index in [-0.39, 0.29) is 41.5 Å². The minimum Gasteiger partial charge on any atom is -0.495 e. The summed E-state index contributed by atoms with van der Waals surface area (Å²) in [6, 6.07) is 3.23. The summed E-state index contributed by atoms with van der Waals surface area (Å²) in [5.74, 6) is 0.268. The van der Waals surface area contributed by atoms with Crippen LogP contribution in [-0.2, 0) is 14.4 Å². The number of hydrogen-bond acceptors (Lipinski definition) is 5. The van der Waals surface area contributed by atoms with Gasteiger partial charge in [0.1, 0.15) is 11.5 Å². The first kappa shape index (κ1) is 24.2. The summed E-state index contributed by atoms with van der Waals surface area (Å²) >= 11 is 6.13. The second kappa shape index (κ2) is 9.57. The number of nitrogens with zero attached hydrogens (tertiary/aromatic N) is 2. The van der Waals surface area contributed by atoms with Crippen LogP contribution in [0.3, 0.4) is 0 Å². The van der Waals surface area contributed by atoms with Gasteiger partial charge in [-0.3, -0.25) is 14.4 Å². The van der Waals surface area contributed by atoms with E-state index >= 15 is 0 Å². The number of likely N-dealkylation sites (tertiary alicyclic amines) is 2. The van der Waals surface area contributed by atoms with Crippen molar-refractivity contribution in [1.82, 2.24) is 9.80 Å². The molecule has 32 heavy (non-hydrogen) atoms. The quantitative estimate of drug-likeness (QED) is 0.721. The van der Waals surface area contributed by atoms with Gasteiger partial charge in [0, 0.05) is 49.6 Å². The molecule has 2 aliphatic rings. The summed E-state index contributed by atoms with van der Waals surface area (Å²) in [4.78, 5) is 41.7. The van der Waals surface area contributed by atoms with Gasteiger partial charge < -0.3 is 24.6 Å². The Kier molecular flexibility index (Phi) is 7.22. The average Bonchev–Trinajstić information content (AvgIpc) is 3.16. The van der Waals surface area contributed by atoms with Crippen LogP contribution in [0.5, 0.6) is 11.5 Å². The third kappa shape index (κ3) is 5.11. The van der Waals surface area contributed by atoms with Crippen molar-refractivity contribution in [2.45, 2.75) is 45.6 Å². The number of rotatable bonds is 5. The minimum atomic E-state index is -0.308. The van der Waals surface area contributed by atoms with E-state index in [4.69, 9.17) is 21.1 Å². The lowest BCUT2D eigenvalue weighted by Crippen LogP contribution is -2.46. The molecule has 3 amide bonds. The second-order valence-electron chi connectivity index (χ2n) is 9.35. The lowest BCUT2D eigenvalue weighted by Gasteiger charge is -2.34. The van der Waals surface area contributed by atoms with Crippen molar-refractivity contribution in [3.63, 3.8) is 0 Å². The molecule has 2 heterocycles. The van der Waals surface area contributed by atoms with Gasteiger partial charge in [0.2, 0.25) is 17.7 Å². The summed E-state index contributed by atoms with van der Waals surface area (Å²) in [5.41, 5.74) is 0.201. The highest BCUT2D eigenvalue weighted by molar-refractivity contribution is 6.32. The smallest absolute Gasteiger partial charge is 0.227 e. The lowest BCUT2D eigenvalue weighted by atomic mass is 9.94. The van der Waals surface area contributed by atoms with E-state index in [9.17, 15) is 14.4 Å². The first-order valence-electron chi connectivity index (χ1n) is 10.9. The maximum absolute atomic E-state index is 13.0.